The average Bonchev–Trinajstić information content (AvgIpc) is 3.19. The normalized spacial score (nSPS) is 13.7. The van der Waals surface area contributed by atoms with Crippen LogP contribution in [0.2, 0.25) is 0 Å². The third kappa shape index (κ3) is 2.36. The number of nitrogens with zero attached hydrogens (tertiary/aromatic N) is 2. The van der Waals surface area contributed by atoms with Gasteiger partial charge in [-0.2, -0.15) is 0 Å². The Morgan fingerprint density at radius 1 is 1.12 bits per heavy atom. The second kappa shape index (κ2) is 5.99. The maximum Gasteiger partial charge on any atom is 0.184 e. The second-order valence-corrected chi connectivity index (χ2v) is 8.13. The number of allylic oxidation sites excluding steroid dienone is 1. The topological polar surface area (TPSA) is 29.9 Å². The summed E-state index contributed by atoms with van der Waals surface area (Å²) >= 11 is 1.73. The lowest BCUT2D eigenvalue weighted by Crippen LogP contribution is -2.09. The number of thiazole rings is 1. The van der Waals surface area contributed by atoms with Crippen LogP contribution in [0, 0.1) is 0 Å². The third-order valence-corrected chi connectivity index (χ3v) is 5.85. The summed E-state index contributed by atoms with van der Waals surface area (Å²) in [7, 11) is 0. The molecule has 0 bridgehead atoms. The van der Waals surface area contributed by atoms with Gasteiger partial charge in [-0.1, -0.05) is 47.8 Å². The molecule has 2 aromatic heterocycles. The molecule has 0 unspecified atom stereocenters. The first-order valence-corrected chi connectivity index (χ1v) is 9.99. The molecular weight excluding hydrogens is 338 g/mol. The summed E-state index contributed by atoms with van der Waals surface area (Å²) in [5, 5.41) is 5.77. The molecule has 0 spiro atoms. The highest BCUT2D eigenvalue weighted by Gasteiger charge is 2.20. The first-order valence-electron chi connectivity index (χ1n) is 9.17. The van der Waals surface area contributed by atoms with Crippen LogP contribution in [0.1, 0.15) is 31.5 Å². The Morgan fingerprint density at radius 3 is 2.88 bits per heavy atom. The lowest BCUT2D eigenvalue weighted by molar-refractivity contribution is 0.888. The molecule has 4 heteroatoms. The zero-order valence-electron chi connectivity index (χ0n) is 15.0. The van der Waals surface area contributed by atoms with Crippen molar-refractivity contribution in [3.05, 3.63) is 59.8 Å². The highest BCUT2D eigenvalue weighted by atomic mass is 32.1. The van der Waals surface area contributed by atoms with Gasteiger partial charge >= 0.3 is 0 Å². The van der Waals surface area contributed by atoms with Crippen LogP contribution in [0.15, 0.2) is 48.5 Å². The molecule has 0 aliphatic heterocycles. The van der Waals surface area contributed by atoms with Crippen molar-refractivity contribution in [2.24, 2.45) is 0 Å². The summed E-state index contributed by atoms with van der Waals surface area (Å²) in [6.07, 6.45) is 6.73. The van der Waals surface area contributed by atoms with Gasteiger partial charge in [0.05, 0.1) is 15.9 Å². The van der Waals surface area contributed by atoms with Crippen LogP contribution in [0.5, 0.6) is 0 Å². The van der Waals surface area contributed by atoms with Gasteiger partial charge in [0.15, 0.2) is 5.13 Å². The number of hydrogen-bond acceptors (Lipinski definition) is 3. The van der Waals surface area contributed by atoms with Gasteiger partial charge in [0.1, 0.15) is 5.52 Å². The molecule has 26 heavy (non-hydrogen) atoms. The molecule has 1 N–H and O–H groups in total. The van der Waals surface area contributed by atoms with E-state index in [1.807, 2.05) is 0 Å². The fraction of sp³-hybridized carbons (Fsp3) is 0.227. The minimum absolute atomic E-state index is 0.379. The van der Waals surface area contributed by atoms with Gasteiger partial charge in [0.25, 0.3) is 0 Å². The molecule has 0 atom stereocenters. The lowest BCUT2D eigenvalue weighted by Gasteiger charge is -2.13. The van der Waals surface area contributed by atoms with Gasteiger partial charge in [-0.25, -0.2) is 4.98 Å². The van der Waals surface area contributed by atoms with Crippen molar-refractivity contribution >= 4 is 43.7 Å². The maximum absolute atomic E-state index is 4.93. The van der Waals surface area contributed by atoms with Crippen molar-refractivity contribution in [1.29, 1.82) is 0 Å². The Morgan fingerprint density at radius 2 is 2.00 bits per heavy atom. The molecule has 1 aliphatic rings. The highest BCUT2D eigenvalue weighted by Crippen LogP contribution is 2.37. The Labute approximate surface area is 157 Å². The van der Waals surface area contributed by atoms with Gasteiger partial charge in [0.2, 0.25) is 0 Å². The van der Waals surface area contributed by atoms with E-state index < -0.39 is 0 Å². The number of benzene rings is 2. The fourth-order valence-electron chi connectivity index (χ4n) is 3.87. The molecule has 0 saturated carbocycles. The summed E-state index contributed by atoms with van der Waals surface area (Å²) in [6.45, 7) is 4.30. The SMILES string of the molecule is CC(C)Nc1nc2c(-n3c4c(c5ccccc53)C=CCC4)cccc2s1. The molecule has 3 nitrogen and oxygen atoms in total. The number of nitrogens with one attached hydrogen (secondary N) is 1. The van der Waals surface area contributed by atoms with Crippen LogP contribution in [-0.4, -0.2) is 15.6 Å². The van der Waals surface area contributed by atoms with Gasteiger partial charge < -0.3 is 9.88 Å². The molecule has 130 valence electrons. The molecular formula is C22H21N3S. The van der Waals surface area contributed by atoms with E-state index in [4.69, 9.17) is 4.98 Å². The van der Waals surface area contributed by atoms with Crippen LogP contribution >= 0.6 is 11.3 Å². The largest absolute Gasteiger partial charge is 0.359 e. The zero-order valence-corrected chi connectivity index (χ0v) is 15.8. The monoisotopic (exact) mass is 359 g/mol. The van der Waals surface area contributed by atoms with Gasteiger partial charge in [0, 0.05) is 22.7 Å². The summed E-state index contributed by atoms with van der Waals surface area (Å²) in [5.74, 6) is 0. The molecule has 0 amide bonds. The second-order valence-electron chi connectivity index (χ2n) is 7.10. The standard InChI is InChI=1S/C22H21N3S/c1-14(2)23-22-24-21-19(12-7-13-20(21)26-22)25-17-10-5-3-8-15(17)16-9-4-6-11-18(16)25/h3-5,7-10,12-14H,6,11H2,1-2H3,(H,23,24). The van der Waals surface area contributed by atoms with E-state index in [0.29, 0.717) is 6.04 Å². The predicted molar refractivity (Wildman–Crippen MR) is 113 cm³/mol. The Kier molecular flexibility index (Phi) is 3.61. The molecule has 0 saturated heterocycles. The van der Waals surface area contributed by atoms with E-state index >= 15 is 0 Å². The van der Waals surface area contributed by atoms with E-state index in [1.165, 1.54) is 32.5 Å². The van der Waals surface area contributed by atoms with Crippen molar-refractivity contribution in [1.82, 2.24) is 9.55 Å². The van der Waals surface area contributed by atoms with E-state index in [2.05, 4.69) is 78.3 Å². The Bertz CT molecular complexity index is 1150. The average molecular weight is 359 g/mol. The minimum atomic E-state index is 0.379. The first-order chi connectivity index (χ1) is 12.7. The van der Waals surface area contributed by atoms with E-state index in [0.717, 1.165) is 23.5 Å². The molecule has 1 aliphatic carbocycles. The fourth-order valence-corrected chi connectivity index (χ4v) is 4.90. The number of anilines is 1. The quantitative estimate of drug-likeness (QED) is 0.485. The third-order valence-electron chi connectivity index (χ3n) is 4.90. The van der Waals surface area contributed by atoms with Gasteiger partial charge in [-0.15, -0.1) is 0 Å². The predicted octanol–water partition coefficient (Wildman–Crippen LogP) is 6.02. The smallest absolute Gasteiger partial charge is 0.184 e. The van der Waals surface area contributed by atoms with Crippen LogP contribution < -0.4 is 5.32 Å². The maximum atomic E-state index is 4.93. The van der Waals surface area contributed by atoms with Crippen LogP contribution in [-0.2, 0) is 6.42 Å². The van der Waals surface area contributed by atoms with Gasteiger partial charge in [-0.3, -0.25) is 0 Å². The van der Waals surface area contributed by atoms with Crippen molar-refractivity contribution in [3.63, 3.8) is 0 Å². The van der Waals surface area contributed by atoms with Crippen molar-refractivity contribution in [2.75, 3.05) is 5.32 Å². The molecule has 5 rings (SSSR count). The van der Waals surface area contributed by atoms with Crippen LogP contribution in [0.3, 0.4) is 0 Å². The molecule has 0 fully saturated rings. The molecule has 2 aromatic carbocycles. The molecule has 0 radical (unpaired) electrons. The van der Waals surface area contributed by atoms with Crippen LogP contribution in [0.25, 0.3) is 32.9 Å². The molecule has 4 aromatic rings. The zero-order chi connectivity index (χ0) is 17.7. The van der Waals surface area contributed by atoms with Crippen molar-refractivity contribution in [3.8, 4) is 5.69 Å². The van der Waals surface area contributed by atoms with Crippen LogP contribution in [0.4, 0.5) is 5.13 Å². The van der Waals surface area contributed by atoms with Crippen molar-refractivity contribution < 1.29 is 0 Å². The first kappa shape index (κ1) is 15.6. The lowest BCUT2D eigenvalue weighted by atomic mass is 10.0. The number of hydrogen-bond donors (Lipinski definition) is 1. The van der Waals surface area contributed by atoms with Gasteiger partial charge in [-0.05, 0) is 44.9 Å². The summed E-state index contributed by atoms with van der Waals surface area (Å²) in [4.78, 5) is 4.93. The summed E-state index contributed by atoms with van der Waals surface area (Å²) in [5.41, 5.74) is 6.29. The summed E-state index contributed by atoms with van der Waals surface area (Å²) < 4.78 is 3.65. The van der Waals surface area contributed by atoms with E-state index in [-0.39, 0.29) is 0 Å². The minimum Gasteiger partial charge on any atom is -0.359 e. The number of para-hydroxylation sites is 2. The summed E-state index contributed by atoms with van der Waals surface area (Å²) in [6, 6.07) is 15.6. The Balaban J connectivity index is 1.81. The number of rotatable bonds is 3. The van der Waals surface area contributed by atoms with E-state index in [1.54, 1.807) is 11.3 Å². The Hall–Kier alpha value is -2.59. The number of aromatic nitrogens is 2. The van der Waals surface area contributed by atoms with Crippen molar-refractivity contribution in [2.45, 2.75) is 32.7 Å². The van der Waals surface area contributed by atoms with E-state index in [9.17, 15) is 0 Å². The number of fused-ring (bicyclic) bond motifs is 4. The highest BCUT2D eigenvalue weighted by molar-refractivity contribution is 7.22. The molecule has 2 heterocycles.